The van der Waals surface area contributed by atoms with Crippen LogP contribution in [0.2, 0.25) is 0 Å². The van der Waals surface area contributed by atoms with E-state index in [4.69, 9.17) is 0 Å². The minimum Gasteiger partial charge on any atom is -0.300 e. The fourth-order valence-corrected chi connectivity index (χ4v) is 4.25. The number of hydrogen-bond donors (Lipinski definition) is 0. The number of hydrogen-bond acceptors (Lipinski definition) is 3. The molecule has 2 nitrogen and oxygen atoms in total. The molecule has 1 atom stereocenters. The maximum atomic E-state index is 9.44. The van der Waals surface area contributed by atoms with Crippen LogP contribution in [0.15, 0.2) is 15.9 Å². The third-order valence-electron chi connectivity index (χ3n) is 3.37. The smallest absolute Gasteiger partial charge is 0.0778 e. The SMILES string of the molecule is CN(C)C(c1cc(Br)cs1)C1(C#N)CCC1. The second-order valence-electron chi connectivity index (χ2n) is 4.65. The molecule has 1 fully saturated rings. The highest BCUT2D eigenvalue weighted by Crippen LogP contribution is 2.53. The van der Waals surface area contributed by atoms with E-state index in [0.717, 1.165) is 17.3 Å². The van der Waals surface area contributed by atoms with Crippen molar-refractivity contribution in [3.63, 3.8) is 0 Å². The minimum absolute atomic E-state index is 0.159. The van der Waals surface area contributed by atoms with E-state index in [1.54, 1.807) is 11.3 Å². The van der Waals surface area contributed by atoms with Crippen molar-refractivity contribution >= 4 is 27.3 Å². The number of thiophene rings is 1. The van der Waals surface area contributed by atoms with E-state index in [1.165, 1.54) is 11.3 Å². The molecule has 86 valence electrons. The van der Waals surface area contributed by atoms with Crippen molar-refractivity contribution in [1.29, 1.82) is 5.26 Å². The van der Waals surface area contributed by atoms with Crippen LogP contribution in [-0.4, -0.2) is 19.0 Å². The Labute approximate surface area is 109 Å². The first-order chi connectivity index (χ1) is 7.59. The Hall–Kier alpha value is -0.370. The maximum Gasteiger partial charge on any atom is 0.0778 e. The average molecular weight is 299 g/mol. The van der Waals surface area contributed by atoms with Gasteiger partial charge in [0.05, 0.1) is 17.5 Å². The largest absolute Gasteiger partial charge is 0.300 e. The average Bonchev–Trinajstić information content (AvgIpc) is 2.57. The highest BCUT2D eigenvalue weighted by Gasteiger charge is 2.46. The third-order valence-corrected chi connectivity index (χ3v) is 5.11. The molecule has 0 bridgehead atoms. The summed E-state index contributed by atoms with van der Waals surface area (Å²) in [6, 6.07) is 4.94. The molecule has 1 aromatic heterocycles. The minimum atomic E-state index is -0.159. The number of nitrogens with zero attached hydrogens (tertiary/aromatic N) is 2. The van der Waals surface area contributed by atoms with Gasteiger partial charge in [-0.25, -0.2) is 0 Å². The predicted molar refractivity (Wildman–Crippen MR) is 70.3 cm³/mol. The van der Waals surface area contributed by atoms with Crippen LogP contribution in [-0.2, 0) is 0 Å². The van der Waals surface area contributed by atoms with Crippen LogP contribution in [0, 0.1) is 16.7 Å². The molecule has 0 N–H and O–H groups in total. The Kier molecular flexibility index (Phi) is 3.39. The maximum absolute atomic E-state index is 9.44. The van der Waals surface area contributed by atoms with Gasteiger partial charge in [0.25, 0.3) is 0 Å². The zero-order valence-electron chi connectivity index (χ0n) is 9.53. The van der Waals surface area contributed by atoms with Gasteiger partial charge in [-0.3, -0.25) is 0 Å². The summed E-state index contributed by atoms with van der Waals surface area (Å²) in [6.45, 7) is 0. The molecule has 0 saturated heterocycles. The van der Waals surface area contributed by atoms with Crippen LogP contribution in [0.25, 0.3) is 0 Å². The van der Waals surface area contributed by atoms with Crippen molar-refractivity contribution in [3.05, 3.63) is 20.8 Å². The van der Waals surface area contributed by atoms with Gasteiger partial charge in [0.15, 0.2) is 0 Å². The summed E-state index contributed by atoms with van der Waals surface area (Å²) in [5, 5.41) is 11.5. The lowest BCUT2D eigenvalue weighted by molar-refractivity contribution is 0.0772. The second-order valence-corrected chi connectivity index (χ2v) is 6.51. The van der Waals surface area contributed by atoms with Crippen LogP contribution in [0.1, 0.15) is 30.2 Å². The molecule has 1 unspecified atom stereocenters. The summed E-state index contributed by atoms with van der Waals surface area (Å²) in [7, 11) is 4.13. The predicted octanol–water partition coefficient (Wildman–Crippen LogP) is 3.81. The van der Waals surface area contributed by atoms with Crippen molar-refractivity contribution in [1.82, 2.24) is 4.90 Å². The molecule has 1 heterocycles. The van der Waals surface area contributed by atoms with Gasteiger partial charge in [0, 0.05) is 14.7 Å². The molecule has 4 heteroatoms. The van der Waals surface area contributed by atoms with Gasteiger partial charge in [-0.15, -0.1) is 11.3 Å². The lowest BCUT2D eigenvalue weighted by atomic mass is 9.64. The molecule has 2 rings (SSSR count). The molecule has 0 radical (unpaired) electrons. The van der Waals surface area contributed by atoms with Gasteiger partial charge in [-0.1, -0.05) is 6.42 Å². The van der Waals surface area contributed by atoms with Gasteiger partial charge in [0.2, 0.25) is 0 Å². The normalized spacial score (nSPS) is 20.2. The van der Waals surface area contributed by atoms with Crippen LogP contribution in [0.4, 0.5) is 0 Å². The highest BCUT2D eigenvalue weighted by molar-refractivity contribution is 9.10. The summed E-state index contributed by atoms with van der Waals surface area (Å²) in [6.07, 6.45) is 3.24. The van der Waals surface area contributed by atoms with Gasteiger partial charge in [-0.2, -0.15) is 5.26 Å². The molecular formula is C12H15BrN2S. The Bertz CT molecular complexity index is 415. The molecule has 0 aliphatic heterocycles. The summed E-state index contributed by atoms with van der Waals surface area (Å²) in [4.78, 5) is 3.47. The standard InChI is InChI=1S/C12H15BrN2S/c1-15(2)11(10-6-9(13)7-16-10)12(8-14)4-3-5-12/h6-7,11H,3-5H2,1-2H3. The first kappa shape index (κ1) is 12.1. The lowest BCUT2D eigenvalue weighted by Crippen LogP contribution is -2.41. The fourth-order valence-electron chi connectivity index (χ4n) is 2.50. The van der Waals surface area contributed by atoms with Gasteiger partial charge in [0.1, 0.15) is 0 Å². The van der Waals surface area contributed by atoms with Crippen molar-refractivity contribution in [2.45, 2.75) is 25.3 Å². The van der Waals surface area contributed by atoms with Crippen molar-refractivity contribution in [3.8, 4) is 6.07 Å². The Morgan fingerprint density at radius 2 is 2.25 bits per heavy atom. The van der Waals surface area contributed by atoms with Crippen LogP contribution < -0.4 is 0 Å². The van der Waals surface area contributed by atoms with E-state index in [-0.39, 0.29) is 11.5 Å². The summed E-state index contributed by atoms with van der Waals surface area (Å²) in [5.74, 6) is 0. The van der Waals surface area contributed by atoms with Crippen LogP contribution >= 0.6 is 27.3 Å². The van der Waals surface area contributed by atoms with Crippen molar-refractivity contribution in [2.75, 3.05) is 14.1 Å². The molecule has 0 spiro atoms. The van der Waals surface area contributed by atoms with Gasteiger partial charge < -0.3 is 4.90 Å². The van der Waals surface area contributed by atoms with Gasteiger partial charge in [-0.05, 0) is 48.9 Å². The first-order valence-corrected chi connectivity index (χ1v) is 7.08. The molecule has 0 aromatic carbocycles. The summed E-state index contributed by atoms with van der Waals surface area (Å²) < 4.78 is 1.12. The number of halogens is 1. The first-order valence-electron chi connectivity index (χ1n) is 5.41. The molecule has 1 aliphatic rings. The van der Waals surface area contributed by atoms with Crippen LogP contribution in [0.3, 0.4) is 0 Å². The van der Waals surface area contributed by atoms with Gasteiger partial charge >= 0.3 is 0 Å². The topological polar surface area (TPSA) is 27.0 Å². The lowest BCUT2D eigenvalue weighted by Gasteiger charge is -2.44. The Morgan fingerprint density at radius 1 is 1.56 bits per heavy atom. The molecule has 1 aliphatic carbocycles. The molecule has 1 aromatic rings. The zero-order chi connectivity index (χ0) is 11.8. The van der Waals surface area contributed by atoms with E-state index in [1.807, 2.05) is 0 Å². The number of rotatable bonds is 3. The van der Waals surface area contributed by atoms with Crippen LogP contribution in [0.5, 0.6) is 0 Å². The molecule has 0 amide bonds. The molecular weight excluding hydrogens is 284 g/mol. The van der Waals surface area contributed by atoms with E-state index in [9.17, 15) is 5.26 Å². The summed E-state index contributed by atoms with van der Waals surface area (Å²) in [5.41, 5.74) is -0.159. The van der Waals surface area contributed by atoms with Crippen molar-refractivity contribution < 1.29 is 0 Å². The second kappa shape index (κ2) is 4.48. The fraction of sp³-hybridized carbons (Fsp3) is 0.583. The Balaban J connectivity index is 2.35. The number of nitriles is 1. The zero-order valence-corrected chi connectivity index (χ0v) is 11.9. The molecule has 1 saturated carbocycles. The molecule has 16 heavy (non-hydrogen) atoms. The highest BCUT2D eigenvalue weighted by atomic mass is 79.9. The summed E-state index contributed by atoms with van der Waals surface area (Å²) >= 11 is 5.22. The Morgan fingerprint density at radius 3 is 2.56 bits per heavy atom. The van der Waals surface area contributed by atoms with Crippen molar-refractivity contribution in [2.24, 2.45) is 5.41 Å². The van der Waals surface area contributed by atoms with E-state index < -0.39 is 0 Å². The monoisotopic (exact) mass is 298 g/mol. The quantitative estimate of drug-likeness (QED) is 0.848. The third kappa shape index (κ3) is 1.92. The van der Waals surface area contributed by atoms with E-state index in [2.05, 4.69) is 52.4 Å². The van der Waals surface area contributed by atoms with E-state index in [0.29, 0.717) is 0 Å². The van der Waals surface area contributed by atoms with E-state index >= 15 is 0 Å².